The molecular weight excluding hydrogens is 389 g/mol. The van der Waals surface area contributed by atoms with E-state index in [1.165, 1.54) is 17.8 Å². The molecule has 2 heterocycles. The van der Waals surface area contributed by atoms with Crippen LogP contribution in [-0.4, -0.2) is 50.0 Å². The summed E-state index contributed by atoms with van der Waals surface area (Å²) in [6.45, 7) is 2.71. The van der Waals surface area contributed by atoms with Gasteiger partial charge in [-0.15, -0.1) is 0 Å². The molecule has 1 aromatic carbocycles. The van der Waals surface area contributed by atoms with Crippen molar-refractivity contribution in [2.75, 3.05) is 25.0 Å². The number of carbonyl (C=O) groups is 1. The van der Waals surface area contributed by atoms with E-state index in [1.807, 2.05) is 18.2 Å². The molecule has 8 nitrogen and oxygen atoms in total. The second-order valence-corrected chi connectivity index (χ2v) is 7.30. The fourth-order valence-electron chi connectivity index (χ4n) is 2.96. The van der Waals surface area contributed by atoms with Crippen LogP contribution >= 0.6 is 0 Å². The van der Waals surface area contributed by atoms with Gasteiger partial charge in [0, 0.05) is 25.7 Å². The van der Waals surface area contributed by atoms with Crippen molar-refractivity contribution in [2.45, 2.75) is 19.1 Å². The van der Waals surface area contributed by atoms with Gasteiger partial charge in [-0.25, -0.2) is 0 Å². The summed E-state index contributed by atoms with van der Waals surface area (Å²) in [6, 6.07) is 11.2. The number of aromatic nitrogens is 1. The molecule has 1 aliphatic rings. The quantitative estimate of drug-likeness (QED) is 0.698. The van der Waals surface area contributed by atoms with Crippen LogP contribution < -0.4 is 9.50 Å². The number of nitrogens with zero attached hydrogens (tertiary/aromatic N) is 2. The van der Waals surface area contributed by atoms with Gasteiger partial charge in [0.1, 0.15) is 0 Å². The van der Waals surface area contributed by atoms with Crippen molar-refractivity contribution < 1.29 is 26.0 Å². The van der Waals surface area contributed by atoms with Crippen LogP contribution in [0.2, 0.25) is 0 Å². The zero-order chi connectivity index (χ0) is 20.0. The summed E-state index contributed by atoms with van der Waals surface area (Å²) in [5.74, 6) is -0.656. The third kappa shape index (κ3) is 6.55. The minimum atomic E-state index is -5.16. The summed E-state index contributed by atoms with van der Waals surface area (Å²) in [7, 11) is -5.16. The van der Waals surface area contributed by atoms with E-state index in [0.29, 0.717) is 13.2 Å². The zero-order valence-corrected chi connectivity index (χ0v) is 15.8. The van der Waals surface area contributed by atoms with Gasteiger partial charge in [0.25, 0.3) is 0 Å². The molecule has 10 heteroatoms. The molecule has 0 spiro atoms. The van der Waals surface area contributed by atoms with Crippen molar-refractivity contribution in [1.82, 2.24) is 9.88 Å². The average Bonchev–Trinajstić information content (AvgIpc) is 2.61. The highest BCUT2D eigenvalue weighted by atomic mass is 32.3. The lowest BCUT2D eigenvalue weighted by molar-refractivity contribution is -0.121. The summed E-state index contributed by atoms with van der Waals surface area (Å²) in [6.07, 6.45) is 2.19. The Hall–Kier alpha value is -2.56. The normalized spacial score (nSPS) is 17.8. The van der Waals surface area contributed by atoms with Gasteiger partial charge in [0.05, 0.1) is 37.2 Å². The molecule has 1 atom stereocenters. The molecule has 1 fully saturated rings. The predicted octanol–water partition coefficient (Wildman–Crippen LogP) is 1.90. The van der Waals surface area contributed by atoms with Crippen LogP contribution in [-0.2, 0) is 26.6 Å². The first kappa shape index (κ1) is 20.2. The Morgan fingerprint density at radius 3 is 2.86 bits per heavy atom. The van der Waals surface area contributed by atoms with Crippen molar-refractivity contribution in [2.24, 2.45) is 0 Å². The van der Waals surface area contributed by atoms with E-state index >= 15 is 0 Å². The van der Waals surface area contributed by atoms with E-state index in [9.17, 15) is 17.1 Å². The van der Waals surface area contributed by atoms with Crippen LogP contribution in [0.3, 0.4) is 0 Å². The lowest BCUT2D eigenvalue weighted by atomic mass is 10.1. The van der Waals surface area contributed by atoms with E-state index in [2.05, 4.69) is 31.5 Å². The van der Waals surface area contributed by atoms with Crippen LogP contribution in [0.15, 0.2) is 48.8 Å². The highest BCUT2D eigenvalue weighted by Gasteiger charge is 2.23. The Morgan fingerprint density at radius 1 is 1.32 bits per heavy atom. The Morgan fingerprint density at radius 2 is 2.11 bits per heavy atom. The Kier molecular flexibility index (Phi) is 6.55. The number of pyridine rings is 1. The van der Waals surface area contributed by atoms with Crippen molar-refractivity contribution in [1.29, 1.82) is 0 Å². The number of nitrogens with one attached hydrogen (secondary N) is 1. The van der Waals surface area contributed by atoms with Gasteiger partial charge in [-0.05, 0) is 5.56 Å². The maximum atomic E-state index is 12.6. The van der Waals surface area contributed by atoms with Crippen LogP contribution in [0.25, 0.3) is 0 Å². The number of benzene rings is 1. The summed E-state index contributed by atoms with van der Waals surface area (Å²) < 4.78 is 43.4. The fraction of sp³-hybridized carbons (Fsp3) is 0.333. The van der Waals surface area contributed by atoms with E-state index in [-0.39, 0.29) is 29.9 Å². The first-order chi connectivity index (χ1) is 13.4. The molecule has 150 valence electrons. The minimum Gasteiger partial charge on any atom is -0.375 e. The molecule has 1 saturated heterocycles. The molecule has 28 heavy (non-hydrogen) atoms. The lowest BCUT2D eigenvalue weighted by Gasteiger charge is -2.32. The number of halogens is 1. The van der Waals surface area contributed by atoms with E-state index in [0.717, 1.165) is 19.3 Å². The van der Waals surface area contributed by atoms with Crippen LogP contribution in [0, 0.1) is 0 Å². The molecule has 0 radical (unpaired) electrons. The first-order valence-electron chi connectivity index (χ1n) is 8.64. The van der Waals surface area contributed by atoms with Crippen molar-refractivity contribution in [3.8, 4) is 5.75 Å². The highest BCUT2D eigenvalue weighted by Crippen LogP contribution is 2.19. The number of amides is 1. The Balaban J connectivity index is 1.52. The van der Waals surface area contributed by atoms with Crippen LogP contribution in [0.1, 0.15) is 12.0 Å². The molecule has 0 aliphatic carbocycles. The van der Waals surface area contributed by atoms with Gasteiger partial charge in [-0.3, -0.25) is 14.7 Å². The molecular formula is C18H20FN3O5S. The van der Waals surface area contributed by atoms with Crippen molar-refractivity contribution in [3.63, 3.8) is 0 Å². The predicted molar refractivity (Wildman–Crippen MR) is 99.6 cm³/mol. The molecule has 3 rings (SSSR count). The molecule has 1 amide bonds. The summed E-state index contributed by atoms with van der Waals surface area (Å²) in [4.78, 5) is 18.2. The van der Waals surface area contributed by atoms with E-state index in [4.69, 9.17) is 4.74 Å². The fourth-order valence-corrected chi connectivity index (χ4v) is 3.28. The summed E-state index contributed by atoms with van der Waals surface area (Å²) in [5.41, 5.74) is 1.39. The number of hydrogen-bond donors (Lipinski definition) is 1. The largest absolute Gasteiger partial charge is 0.488 e. The monoisotopic (exact) mass is 409 g/mol. The average molecular weight is 409 g/mol. The van der Waals surface area contributed by atoms with Gasteiger partial charge < -0.3 is 14.2 Å². The standard InChI is InChI=1S/C18H20FN3O5S/c19-28(24,25)27-16-8-15(10-20-11-16)21-18(23)9-17-13-22(6-7-26-17)12-14-4-2-1-3-5-14/h1-5,8,10-11,17H,6-7,9,12-13H2,(H,21,23). The molecule has 0 bridgehead atoms. The maximum absolute atomic E-state index is 12.6. The lowest BCUT2D eigenvalue weighted by Crippen LogP contribution is -2.43. The van der Waals surface area contributed by atoms with Crippen LogP contribution in [0.5, 0.6) is 5.75 Å². The smallest absolute Gasteiger partial charge is 0.375 e. The summed E-state index contributed by atoms with van der Waals surface area (Å²) in [5, 5.41) is 2.58. The second-order valence-electron chi connectivity index (χ2n) is 6.35. The molecule has 2 aromatic rings. The maximum Gasteiger partial charge on any atom is 0.488 e. The number of hydrogen-bond acceptors (Lipinski definition) is 7. The topological polar surface area (TPSA) is 97.8 Å². The van der Waals surface area contributed by atoms with Crippen LogP contribution in [0.4, 0.5) is 9.57 Å². The summed E-state index contributed by atoms with van der Waals surface area (Å²) >= 11 is 0. The Labute approximate surface area is 162 Å². The number of morpholine rings is 1. The van der Waals surface area contributed by atoms with Crippen molar-refractivity contribution >= 4 is 22.1 Å². The molecule has 1 N–H and O–H groups in total. The zero-order valence-electron chi connectivity index (χ0n) is 15.0. The van der Waals surface area contributed by atoms with Gasteiger partial charge in [-0.2, -0.15) is 8.42 Å². The van der Waals surface area contributed by atoms with Gasteiger partial charge in [-0.1, -0.05) is 34.2 Å². The molecule has 0 saturated carbocycles. The van der Waals surface area contributed by atoms with E-state index < -0.39 is 10.5 Å². The van der Waals surface area contributed by atoms with Gasteiger partial charge in [0.2, 0.25) is 5.91 Å². The molecule has 1 aromatic heterocycles. The third-order valence-electron chi connectivity index (χ3n) is 4.08. The minimum absolute atomic E-state index is 0.123. The van der Waals surface area contributed by atoms with Crippen molar-refractivity contribution in [3.05, 3.63) is 54.4 Å². The number of carbonyl (C=O) groups excluding carboxylic acids is 1. The SMILES string of the molecule is O=C(CC1CN(Cc2ccccc2)CCO1)Nc1cncc(OS(=O)(=O)F)c1. The molecule has 1 unspecified atom stereocenters. The first-order valence-corrected chi connectivity index (χ1v) is 9.95. The van der Waals surface area contributed by atoms with E-state index in [1.54, 1.807) is 0 Å². The highest BCUT2D eigenvalue weighted by molar-refractivity contribution is 7.81. The van der Waals surface area contributed by atoms with Gasteiger partial charge >= 0.3 is 10.5 Å². The third-order valence-corrected chi connectivity index (χ3v) is 4.47. The number of anilines is 1. The number of rotatable bonds is 7. The number of ether oxygens (including phenoxy) is 1. The second kappa shape index (κ2) is 9.09. The van der Waals surface area contributed by atoms with Gasteiger partial charge in [0.15, 0.2) is 5.75 Å². The Bertz CT molecular complexity index is 910. The molecule has 1 aliphatic heterocycles.